The van der Waals surface area contributed by atoms with Gasteiger partial charge in [-0.25, -0.2) is 9.36 Å². The van der Waals surface area contributed by atoms with Gasteiger partial charge in [-0.05, 0) is 18.6 Å². The summed E-state index contributed by atoms with van der Waals surface area (Å²) in [5, 5.41) is 0. The second-order valence-corrected chi connectivity index (χ2v) is 5.52. The molecule has 21 heavy (non-hydrogen) atoms. The maximum atomic E-state index is 11.5. The van der Waals surface area contributed by atoms with Crippen LogP contribution >= 0.6 is 7.82 Å². The molecule has 0 saturated carbocycles. The Bertz CT molecular complexity index is 560. The smallest absolute Gasteiger partial charge is 0.452 e. The van der Waals surface area contributed by atoms with Crippen LogP contribution in [0.5, 0.6) is 0 Å². The summed E-state index contributed by atoms with van der Waals surface area (Å²) >= 11 is 0. The first kappa shape index (κ1) is 17.3. The highest BCUT2D eigenvalue weighted by Crippen LogP contribution is 2.36. The molecule has 1 atom stereocenters. The summed E-state index contributed by atoms with van der Waals surface area (Å²) in [5.74, 6) is -0.660. The van der Waals surface area contributed by atoms with Crippen LogP contribution in [0.1, 0.15) is 12.5 Å². The Morgan fingerprint density at radius 3 is 2.52 bits per heavy atom. The molecule has 0 saturated heterocycles. The molecule has 0 bridgehead atoms. The molecule has 7 heteroatoms. The zero-order chi connectivity index (χ0) is 15.9. The summed E-state index contributed by atoms with van der Waals surface area (Å²) in [5.41, 5.74) is 1.04. The highest BCUT2D eigenvalue weighted by atomic mass is 31.2. The van der Waals surface area contributed by atoms with Gasteiger partial charge in [-0.15, -0.1) is 0 Å². The van der Waals surface area contributed by atoms with Crippen molar-refractivity contribution in [2.75, 3.05) is 6.61 Å². The molecule has 0 radical (unpaired) electrons. The molecule has 0 aliphatic carbocycles. The van der Waals surface area contributed by atoms with E-state index in [1.54, 1.807) is 6.08 Å². The number of benzene rings is 1. The normalized spacial score (nSPS) is 13.1. The maximum absolute atomic E-state index is 11.5. The molecule has 1 unspecified atom stereocenters. The fourth-order valence-corrected chi connectivity index (χ4v) is 1.66. The first-order valence-corrected chi connectivity index (χ1v) is 7.61. The van der Waals surface area contributed by atoms with Crippen molar-refractivity contribution in [2.45, 2.75) is 13.0 Å². The summed E-state index contributed by atoms with van der Waals surface area (Å²) < 4.78 is 20.1. The van der Waals surface area contributed by atoms with Crippen molar-refractivity contribution in [3.05, 3.63) is 54.1 Å². The van der Waals surface area contributed by atoms with Crippen LogP contribution in [0.15, 0.2) is 48.6 Å². The quantitative estimate of drug-likeness (QED) is 0.456. The Hall–Kier alpha value is -1.72. The van der Waals surface area contributed by atoms with Gasteiger partial charge in [-0.2, -0.15) is 0 Å². The molecule has 0 aliphatic rings. The predicted octanol–water partition coefficient (Wildman–Crippen LogP) is 2.30. The van der Waals surface area contributed by atoms with Gasteiger partial charge >= 0.3 is 13.8 Å². The minimum absolute atomic E-state index is 0.185. The summed E-state index contributed by atoms with van der Waals surface area (Å²) in [6.07, 6.45) is 2.23. The second-order valence-electron chi connectivity index (χ2n) is 4.28. The van der Waals surface area contributed by atoms with Crippen LogP contribution in [-0.2, 0) is 18.6 Å². The third-order valence-corrected chi connectivity index (χ3v) is 2.80. The Labute approximate surface area is 122 Å². The monoisotopic (exact) mass is 312 g/mol. The van der Waals surface area contributed by atoms with Crippen LogP contribution in [-0.4, -0.2) is 28.5 Å². The van der Waals surface area contributed by atoms with E-state index in [2.05, 4.69) is 11.1 Å². The van der Waals surface area contributed by atoms with Gasteiger partial charge in [0.1, 0.15) is 6.10 Å². The van der Waals surface area contributed by atoms with Crippen LogP contribution in [0.25, 0.3) is 6.08 Å². The summed E-state index contributed by atoms with van der Waals surface area (Å²) in [7, 11) is -4.63. The number of hydrogen-bond donors (Lipinski definition) is 2. The zero-order valence-corrected chi connectivity index (χ0v) is 12.4. The Morgan fingerprint density at radius 2 is 2.00 bits per heavy atom. The van der Waals surface area contributed by atoms with Gasteiger partial charge in [-0.3, -0.25) is 4.52 Å². The van der Waals surface area contributed by atoms with E-state index in [0.717, 1.165) is 5.56 Å². The van der Waals surface area contributed by atoms with Crippen molar-refractivity contribution in [3.63, 3.8) is 0 Å². The first-order chi connectivity index (χ1) is 9.78. The van der Waals surface area contributed by atoms with Gasteiger partial charge < -0.3 is 14.5 Å². The minimum Gasteiger partial charge on any atom is -0.452 e. The van der Waals surface area contributed by atoms with Crippen LogP contribution < -0.4 is 0 Å². The lowest BCUT2D eigenvalue weighted by molar-refractivity contribution is -0.143. The average Bonchev–Trinajstić information content (AvgIpc) is 2.41. The van der Waals surface area contributed by atoms with Gasteiger partial charge in [0.25, 0.3) is 0 Å². The second kappa shape index (κ2) is 7.90. The van der Waals surface area contributed by atoms with E-state index >= 15 is 0 Å². The molecular weight excluding hydrogens is 295 g/mol. The van der Waals surface area contributed by atoms with Crippen molar-refractivity contribution in [3.8, 4) is 0 Å². The topological polar surface area (TPSA) is 93.1 Å². The fraction of sp³-hybridized carbons (Fsp3) is 0.214. The number of hydrogen-bond acceptors (Lipinski definition) is 4. The summed E-state index contributed by atoms with van der Waals surface area (Å²) in [6.45, 7) is 4.47. The Kier molecular flexibility index (Phi) is 6.52. The highest BCUT2D eigenvalue weighted by Gasteiger charge is 2.19. The Morgan fingerprint density at radius 1 is 1.38 bits per heavy atom. The Balaban J connectivity index is 2.75. The molecule has 1 rings (SSSR count). The lowest BCUT2D eigenvalue weighted by Crippen LogP contribution is -2.21. The van der Waals surface area contributed by atoms with Crippen LogP contribution in [0.4, 0.5) is 0 Å². The summed E-state index contributed by atoms with van der Waals surface area (Å²) in [6, 6.07) is 9.18. The lowest BCUT2D eigenvalue weighted by atomic mass is 10.2. The third kappa shape index (κ3) is 7.58. The van der Waals surface area contributed by atoms with E-state index in [0.29, 0.717) is 0 Å². The van der Waals surface area contributed by atoms with Gasteiger partial charge in [0.2, 0.25) is 0 Å². The molecule has 2 N–H and O–H groups in total. The van der Waals surface area contributed by atoms with Gasteiger partial charge in [0.05, 0.1) is 6.61 Å². The van der Waals surface area contributed by atoms with E-state index in [9.17, 15) is 9.36 Å². The predicted molar refractivity (Wildman–Crippen MR) is 78.2 cm³/mol. The van der Waals surface area contributed by atoms with Gasteiger partial charge in [0, 0.05) is 5.57 Å². The van der Waals surface area contributed by atoms with Crippen molar-refractivity contribution >= 4 is 19.9 Å². The fourth-order valence-electron chi connectivity index (χ4n) is 1.32. The molecule has 0 amide bonds. The lowest BCUT2D eigenvalue weighted by Gasteiger charge is -2.15. The van der Waals surface area contributed by atoms with Crippen molar-refractivity contribution in [2.24, 2.45) is 0 Å². The number of rotatable bonds is 7. The van der Waals surface area contributed by atoms with Crippen LogP contribution in [0, 0.1) is 0 Å². The first-order valence-electron chi connectivity index (χ1n) is 6.08. The zero-order valence-electron chi connectivity index (χ0n) is 11.5. The van der Waals surface area contributed by atoms with E-state index in [-0.39, 0.29) is 5.57 Å². The molecule has 0 aliphatic heterocycles. The SMILES string of the molecule is C=C(C)C(=O)OC(C=Cc1ccccc1)COP(=O)(O)O. The molecule has 1 aromatic carbocycles. The largest absolute Gasteiger partial charge is 0.469 e. The molecular formula is C14H17O6P. The molecule has 0 aromatic heterocycles. The summed E-state index contributed by atoms with van der Waals surface area (Å²) in [4.78, 5) is 28.9. The number of carbonyl (C=O) groups is 1. The molecule has 0 fully saturated rings. The number of phosphoric ester groups is 1. The molecule has 0 spiro atoms. The number of phosphoric acid groups is 1. The van der Waals surface area contributed by atoms with E-state index in [1.165, 1.54) is 13.0 Å². The van der Waals surface area contributed by atoms with E-state index in [4.69, 9.17) is 14.5 Å². The molecule has 0 heterocycles. The average molecular weight is 312 g/mol. The molecule has 114 valence electrons. The standard InChI is InChI=1S/C14H17O6P/c1-11(2)14(15)20-13(10-19-21(16,17)18)9-8-12-6-4-3-5-7-12/h3-9,13H,1,10H2,2H3,(H2,16,17,18). The van der Waals surface area contributed by atoms with Gasteiger partial charge in [-0.1, -0.05) is 43.0 Å². The highest BCUT2D eigenvalue weighted by molar-refractivity contribution is 7.46. The van der Waals surface area contributed by atoms with Crippen LogP contribution in [0.3, 0.4) is 0 Å². The third-order valence-electron chi connectivity index (χ3n) is 2.32. The van der Waals surface area contributed by atoms with Crippen molar-refractivity contribution in [1.29, 1.82) is 0 Å². The van der Waals surface area contributed by atoms with Crippen molar-refractivity contribution < 1.29 is 28.4 Å². The number of esters is 1. The number of carbonyl (C=O) groups excluding carboxylic acids is 1. The van der Waals surface area contributed by atoms with E-state index in [1.807, 2.05) is 30.3 Å². The minimum atomic E-state index is -4.63. The number of ether oxygens (including phenoxy) is 1. The van der Waals surface area contributed by atoms with Gasteiger partial charge in [0.15, 0.2) is 0 Å². The maximum Gasteiger partial charge on any atom is 0.469 e. The van der Waals surface area contributed by atoms with Crippen molar-refractivity contribution in [1.82, 2.24) is 0 Å². The molecule has 6 nitrogen and oxygen atoms in total. The molecule has 1 aromatic rings. The van der Waals surface area contributed by atoms with E-state index < -0.39 is 26.5 Å². The van der Waals surface area contributed by atoms with Crippen LogP contribution in [0.2, 0.25) is 0 Å².